The van der Waals surface area contributed by atoms with E-state index in [9.17, 15) is 4.79 Å². The second kappa shape index (κ2) is 2.98. The molecule has 0 aliphatic carbocycles. The first-order chi connectivity index (χ1) is 7.65. The molecule has 1 aromatic carbocycles. The molecule has 1 unspecified atom stereocenters. The van der Waals surface area contributed by atoms with E-state index >= 15 is 0 Å². The molecule has 1 amide bonds. The summed E-state index contributed by atoms with van der Waals surface area (Å²) in [6.07, 6.45) is -0.0853. The van der Waals surface area contributed by atoms with E-state index in [1.54, 1.807) is 4.57 Å². The van der Waals surface area contributed by atoms with Crippen molar-refractivity contribution in [1.29, 1.82) is 0 Å². The number of nitrogens with zero attached hydrogens (tertiary/aromatic N) is 2. The van der Waals surface area contributed by atoms with Gasteiger partial charge in [-0.15, -0.1) is 0 Å². The minimum absolute atomic E-state index is 0.0853. The molecular formula is C11H12N4O. The Balaban J connectivity index is 2.32. The number of benzene rings is 1. The first-order valence-corrected chi connectivity index (χ1v) is 5.21. The summed E-state index contributed by atoms with van der Waals surface area (Å²) in [6.45, 7) is 3.88. The number of aromatic nitrogens is 2. The van der Waals surface area contributed by atoms with Crippen molar-refractivity contribution < 1.29 is 4.79 Å². The average molecular weight is 216 g/mol. The molecule has 1 aromatic heterocycles. The molecular weight excluding hydrogens is 204 g/mol. The minimum Gasteiger partial charge on any atom is -0.335 e. The fourth-order valence-corrected chi connectivity index (χ4v) is 1.97. The molecule has 2 heterocycles. The monoisotopic (exact) mass is 216 g/mol. The number of carbonyl (C=O) groups is 1. The molecule has 1 aliphatic heterocycles. The Morgan fingerprint density at radius 2 is 2.19 bits per heavy atom. The van der Waals surface area contributed by atoms with E-state index in [-0.39, 0.29) is 12.2 Å². The van der Waals surface area contributed by atoms with Gasteiger partial charge >= 0.3 is 6.03 Å². The van der Waals surface area contributed by atoms with E-state index in [1.807, 2.05) is 32.0 Å². The van der Waals surface area contributed by atoms with E-state index < -0.39 is 0 Å². The van der Waals surface area contributed by atoms with Crippen LogP contribution in [0.3, 0.4) is 0 Å². The topological polar surface area (TPSA) is 59.0 Å². The van der Waals surface area contributed by atoms with Crippen molar-refractivity contribution in [1.82, 2.24) is 14.9 Å². The molecule has 2 aromatic rings. The molecule has 5 heteroatoms. The highest BCUT2D eigenvalue weighted by Crippen LogP contribution is 2.22. The molecule has 3 rings (SSSR count). The molecule has 0 saturated carbocycles. The quantitative estimate of drug-likeness (QED) is 0.704. The molecule has 82 valence electrons. The maximum Gasteiger partial charge on any atom is 0.330 e. The van der Waals surface area contributed by atoms with Gasteiger partial charge in [-0.3, -0.25) is 0 Å². The lowest BCUT2D eigenvalue weighted by Gasteiger charge is -2.22. The lowest BCUT2D eigenvalue weighted by atomic mass is 10.2. The average Bonchev–Trinajstić information content (AvgIpc) is 2.54. The molecule has 2 N–H and O–H groups in total. The highest BCUT2D eigenvalue weighted by atomic mass is 16.2. The third-order valence-electron chi connectivity index (χ3n) is 2.70. The second-order valence-electron chi connectivity index (χ2n) is 4.08. The maximum atomic E-state index is 11.9. The number of carbonyl (C=O) groups excluding carboxylic acids is 1. The first-order valence-electron chi connectivity index (χ1n) is 5.21. The van der Waals surface area contributed by atoms with Crippen LogP contribution in [0.15, 0.2) is 18.2 Å². The van der Waals surface area contributed by atoms with Crippen LogP contribution in [0.5, 0.6) is 0 Å². The highest BCUT2D eigenvalue weighted by Gasteiger charge is 2.23. The van der Waals surface area contributed by atoms with Crippen LogP contribution in [-0.2, 0) is 0 Å². The number of anilines is 1. The number of fused-ring (bicyclic) bond motifs is 3. The lowest BCUT2D eigenvalue weighted by molar-refractivity contribution is 0.239. The van der Waals surface area contributed by atoms with Gasteiger partial charge in [0, 0.05) is 0 Å². The Labute approximate surface area is 92.5 Å². The number of nitrogens with one attached hydrogen (secondary N) is 2. The van der Waals surface area contributed by atoms with Gasteiger partial charge in [-0.05, 0) is 31.5 Å². The van der Waals surface area contributed by atoms with Crippen molar-refractivity contribution in [3.63, 3.8) is 0 Å². The molecule has 0 saturated heterocycles. The van der Waals surface area contributed by atoms with Gasteiger partial charge in [-0.1, -0.05) is 6.07 Å². The van der Waals surface area contributed by atoms with Gasteiger partial charge in [0.2, 0.25) is 5.95 Å². The van der Waals surface area contributed by atoms with E-state index in [4.69, 9.17) is 0 Å². The van der Waals surface area contributed by atoms with Gasteiger partial charge in [-0.25, -0.2) is 14.3 Å². The number of amides is 1. The van der Waals surface area contributed by atoms with E-state index in [1.165, 1.54) is 0 Å². The summed E-state index contributed by atoms with van der Waals surface area (Å²) >= 11 is 0. The Bertz CT molecular complexity index is 587. The van der Waals surface area contributed by atoms with E-state index in [2.05, 4.69) is 15.6 Å². The predicted octanol–water partition coefficient (Wildman–Crippen LogP) is 1.67. The minimum atomic E-state index is -0.130. The lowest BCUT2D eigenvalue weighted by Crippen LogP contribution is -2.46. The zero-order chi connectivity index (χ0) is 11.3. The summed E-state index contributed by atoms with van der Waals surface area (Å²) in [5.74, 6) is 0.608. The molecule has 0 spiro atoms. The van der Waals surface area contributed by atoms with Crippen LogP contribution >= 0.6 is 0 Å². The summed E-state index contributed by atoms with van der Waals surface area (Å²) in [6, 6.07) is 5.75. The number of rotatable bonds is 0. The van der Waals surface area contributed by atoms with Crippen molar-refractivity contribution in [3.05, 3.63) is 23.8 Å². The number of hydrogen-bond acceptors (Lipinski definition) is 3. The number of hydrogen-bond donors (Lipinski definition) is 2. The largest absolute Gasteiger partial charge is 0.335 e. The molecule has 0 bridgehead atoms. The summed E-state index contributed by atoms with van der Waals surface area (Å²) in [5.41, 5.74) is 2.78. The predicted molar refractivity (Wildman–Crippen MR) is 61.5 cm³/mol. The van der Waals surface area contributed by atoms with Gasteiger partial charge in [-0.2, -0.15) is 0 Å². The SMILES string of the molecule is Cc1ccc2nc3n(c2c1)C(=O)NC(C)N3. The smallest absolute Gasteiger partial charge is 0.330 e. The third kappa shape index (κ3) is 1.18. The molecule has 0 fully saturated rings. The summed E-state index contributed by atoms with van der Waals surface area (Å²) in [5, 5.41) is 5.93. The van der Waals surface area contributed by atoms with Crippen molar-refractivity contribution in [2.75, 3.05) is 5.32 Å². The summed E-state index contributed by atoms with van der Waals surface area (Å²) < 4.78 is 1.57. The first kappa shape index (κ1) is 9.21. The van der Waals surface area contributed by atoms with Crippen LogP contribution in [0, 0.1) is 6.92 Å². The van der Waals surface area contributed by atoms with Crippen LogP contribution in [0.25, 0.3) is 11.0 Å². The molecule has 1 atom stereocenters. The molecule has 16 heavy (non-hydrogen) atoms. The van der Waals surface area contributed by atoms with Crippen LogP contribution in [0.1, 0.15) is 12.5 Å². The van der Waals surface area contributed by atoms with Gasteiger partial charge < -0.3 is 10.6 Å². The zero-order valence-corrected chi connectivity index (χ0v) is 9.11. The van der Waals surface area contributed by atoms with Crippen LogP contribution in [0.4, 0.5) is 10.7 Å². The van der Waals surface area contributed by atoms with Gasteiger partial charge in [0.05, 0.1) is 11.0 Å². The Kier molecular flexibility index (Phi) is 1.71. The second-order valence-corrected chi connectivity index (χ2v) is 4.08. The third-order valence-corrected chi connectivity index (χ3v) is 2.70. The Hall–Kier alpha value is -2.04. The fraction of sp³-hybridized carbons (Fsp3) is 0.273. The summed E-state index contributed by atoms with van der Waals surface area (Å²) in [4.78, 5) is 16.2. The number of imidazole rings is 1. The van der Waals surface area contributed by atoms with Gasteiger partial charge in [0.15, 0.2) is 0 Å². The zero-order valence-electron chi connectivity index (χ0n) is 9.11. The highest BCUT2D eigenvalue weighted by molar-refractivity contribution is 5.94. The molecule has 1 aliphatic rings. The van der Waals surface area contributed by atoms with Gasteiger partial charge in [0.1, 0.15) is 6.17 Å². The van der Waals surface area contributed by atoms with Gasteiger partial charge in [0.25, 0.3) is 0 Å². The summed E-state index contributed by atoms with van der Waals surface area (Å²) in [7, 11) is 0. The van der Waals surface area contributed by atoms with Crippen molar-refractivity contribution in [2.45, 2.75) is 20.0 Å². The normalized spacial score (nSPS) is 19.1. The van der Waals surface area contributed by atoms with Crippen LogP contribution in [0.2, 0.25) is 0 Å². The van der Waals surface area contributed by atoms with Crippen molar-refractivity contribution in [3.8, 4) is 0 Å². The maximum absolute atomic E-state index is 11.9. The van der Waals surface area contributed by atoms with Crippen molar-refractivity contribution in [2.24, 2.45) is 0 Å². The molecule has 0 radical (unpaired) electrons. The molecule has 5 nitrogen and oxygen atoms in total. The standard InChI is InChI=1S/C11H12N4O/c1-6-3-4-8-9(5-6)15-10(14-8)12-7(2)13-11(15)16/h3-5,7H,1-2H3,(H,12,14)(H,13,16). The Morgan fingerprint density at radius 3 is 3.00 bits per heavy atom. The fourth-order valence-electron chi connectivity index (χ4n) is 1.97. The van der Waals surface area contributed by atoms with Crippen molar-refractivity contribution >= 4 is 23.0 Å². The van der Waals surface area contributed by atoms with E-state index in [0.717, 1.165) is 16.6 Å². The van der Waals surface area contributed by atoms with E-state index in [0.29, 0.717) is 5.95 Å². The number of aryl methyl sites for hydroxylation is 1. The van der Waals surface area contributed by atoms with Crippen LogP contribution in [-0.4, -0.2) is 21.7 Å². The van der Waals surface area contributed by atoms with Crippen LogP contribution < -0.4 is 10.6 Å². The Morgan fingerprint density at radius 1 is 1.38 bits per heavy atom.